The van der Waals surface area contributed by atoms with Crippen LogP contribution in [0.15, 0.2) is 64.8 Å². The van der Waals surface area contributed by atoms with Crippen LogP contribution in [-0.4, -0.2) is 46.3 Å². The van der Waals surface area contributed by atoms with Crippen LogP contribution in [0.4, 0.5) is 4.79 Å². The molecular weight excluding hydrogens is 376 g/mol. The quantitative estimate of drug-likeness (QED) is 0.789. The Morgan fingerprint density at radius 3 is 2.70 bits per heavy atom. The number of nitrogens with one attached hydrogen (secondary N) is 1. The number of likely N-dealkylation sites (tertiary alicyclic amines) is 1. The van der Waals surface area contributed by atoms with Gasteiger partial charge in [-0.25, -0.2) is 9.79 Å². The Bertz CT molecular complexity index is 1000. The molecule has 0 spiro atoms. The van der Waals surface area contributed by atoms with Crippen LogP contribution < -0.4 is 0 Å². The summed E-state index contributed by atoms with van der Waals surface area (Å²) in [5, 5.41) is 8.27. The second kappa shape index (κ2) is 7.59. The highest BCUT2D eigenvalue weighted by Gasteiger charge is 2.34. The van der Waals surface area contributed by atoms with E-state index >= 15 is 0 Å². The van der Waals surface area contributed by atoms with Crippen LogP contribution in [0.1, 0.15) is 38.8 Å². The van der Waals surface area contributed by atoms with Gasteiger partial charge in [0.25, 0.3) is 0 Å². The largest absolute Gasteiger partial charge is 0.444 e. The molecule has 3 heterocycles. The summed E-state index contributed by atoms with van der Waals surface area (Å²) in [6.45, 7) is 9.83. The molecule has 1 fully saturated rings. The predicted molar refractivity (Wildman–Crippen MR) is 119 cm³/mol. The fourth-order valence-electron chi connectivity index (χ4n) is 3.74. The molecule has 1 amide bonds. The zero-order chi connectivity index (χ0) is 21.5. The lowest BCUT2D eigenvalue weighted by atomic mass is 9.91. The van der Waals surface area contributed by atoms with Gasteiger partial charge in [0, 0.05) is 37.3 Å². The fourth-order valence-corrected chi connectivity index (χ4v) is 3.74. The maximum absolute atomic E-state index is 12.1. The van der Waals surface area contributed by atoms with Gasteiger partial charge in [0.15, 0.2) is 5.84 Å². The zero-order valence-electron chi connectivity index (χ0n) is 18.0. The van der Waals surface area contributed by atoms with E-state index in [2.05, 4.69) is 35.2 Å². The van der Waals surface area contributed by atoms with Crippen molar-refractivity contribution in [1.82, 2.24) is 9.80 Å². The van der Waals surface area contributed by atoms with Gasteiger partial charge in [-0.15, -0.1) is 0 Å². The first-order valence-corrected chi connectivity index (χ1v) is 10.3. The Balaban J connectivity index is 1.44. The SMILES string of the molecule is C/C(=C/C1=CN2Cc3ccccc3C(=N)N=C2C=C1)C1CN(C(=O)OC(C)(C)C)C1. The first-order valence-electron chi connectivity index (χ1n) is 10.3. The minimum absolute atomic E-state index is 0.241. The van der Waals surface area contributed by atoms with E-state index in [1.54, 1.807) is 4.90 Å². The van der Waals surface area contributed by atoms with Crippen molar-refractivity contribution < 1.29 is 9.53 Å². The second-order valence-corrected chi connectivity index (χ2v) is 9.04. The Kier molecular flexibility index (Phi) is 5.10. The summed E-state index contributed by atoms with van der Waals surface area (Å²) in [5.74, 6) is 1.43. The molecule has 0 aromatic heterocycles. The van der Waals surface area contributed by atoms with E-state index in [4.69, 9.17) is 10.1 Å². The smallest absolute Gasteiger partial charge is 0.410 e. The number of hydrogen-bond donors (Lipinski definition) is 1. The number of carbonyl (C=O) groups is 1. The summed E-state index contributed by atoms with van der Waals surface area (Å²) in [5.41, 5.74) is 3.85. The van der Waals surface area contributed by atoms with Crippen molar-refractivity contribution in [3.05, 3.63) is 71.0 Å². The van der Waals surface area contributed by atoms with Crippen molar-refractivity contribution in [2.24, 2.45) is 10.9 Å². The van der Waals surface area contributed by atoms with Crippen molar-refractivity contribution in [1.29, 1.82) is 5.41 Å². The predicted octanol–water partition coefficient (Wildman–Crippen LogP) is 4.49. The van der Waals surface area contributed by atoms with E-state index in [-0.39, 0.29) is 6.09 Å². The molecule has 30 heavy (non-hydrogen) atoms. The molecule has 3 aliphatic heterocycles. The van der Waals surface area contributed by atoms with Crippen LogP contribution in [-0.2, 0) is 11.3 Å². The third-order valence-corrected chi connectivity index (χ3v) is 5.44. The summed E-state index contributed by atoms with van der Waals surface area (Å²) in [6.07, 6.45) is 8.02. The van der Waals surface area contributed by atoms with Gasteiger partial charge in [0.1, 0.15) is 11.4 Å². The van der Waals surface area contributed by atoms with E-state index in [0.717, 1.165) is 22.5 Å². The molecule has 3 aliphatic rings. The lowest BCUT2D eigenvalue weighted by Crippen LogP contribution is -2.51. The van der Waals surface area contributed by atoms with Crippen molar-refractivity contribution >= 4 is 17.8 Å². The molecule has 0 atom stereocenters. The Morgan fingerprint density at radius 1 is 1.23 bits per heavy atom. The molecule has 156 valence electrons. The molecule has 0 saturated carbocycles. The topological polar surface area (TPSA) is 69.0 Å². The van der Waals surface area contributed by atoms with Crippen molar-refractivity contribution in [2.75, 3.05) is 13.1 Å². The third-order valence-electron chi connectivity index (χ3n) is 5.44. The van der Waals surface area contributed by atoms with Gasteiger partial charge in [0.2, 0.25) is 0 Å². The summed E-state index contributed by atoms with van der Waals surface area (Å²) >= 11 is 0. The van der Waals surface area contributed by atoms with Crippen LogP contribution in [0, 0.1) is 11.3 Å². The number of nitrogens with zero attached hydrogens (tertiary/aromatic N) is 3. The number of aliphatic imine (C=N–C) groups is 1. The molecule has 1 N–H and O–H groups in total. The first-order chi connectivity index (χ1) is 14.2. The van der Waals surface area contributed by atoms with E-state index in [1.807, 2.05) is 51.1 Å². The van der Waals surface area contributed by atoms with Crippen LogP contribution in [0.2, 0.25) is 0 Å². The van der Waals surface area contributed by atoms with Crippen LogP contribution in [0.3, 0.4) is 0 Å². The summed E-state index contributed by atoms with van der Waals surface area (Å²) in [7, 11) is 0. The molecular formula is C24H28N4O2. The number of ether oxygens (including phenoxy) is 1. The molecule has 0 bridgehead atoms. The van der Waals surface area contributed by atoms with Gasteiger partial charge in [-0.05, 0) is 51.0 Å². The van der Waals surface area contributed by atoms with Crippen LogP contribution in [0.5, 0.6) is 0 Å². The molecule has 1 aromatic rings. The number of rotatable bonds is 2. The lowest BCUT2D eigenvalue weighted by Gasteiger charge is -2.40. The fraction of sp³-hybridized carbons (Fsp3) is 0.375. The van der Waals surface area contributed by atoms with Crippen molar-refractivity contribution in [2.45, 2.75) is 39.8 Å². The standard InChI is InChI=1S/C24H28N4O2/c1-16(19-14-28(15-19)23(29)30-24(2,3)4)11-17-9-10-21-26-22(25)20-8-6-5-7-18(20)13-27(21)12-17/h5-12,19,25H,13-15H2,1-4H3/b16-11-,25-22?. The minimum Gasteiger partial charge on any atom is -0.444 e. The molecule has 0 aliphatic carbocycles. The minimum atomic E-state index is -0.466. The molecule has 6 heteroatoms. The number of benzene rings is 1. The number of hydrogen-bond acceptors (Lipinski definition) is 4. The van der Waals surface area contributed by atoms with E-state index in [9.17, 15) is 4.79 Å². The summed E-state index contributed by atoms with van der Waals surface area (Å²) in [6, 6.07) is 7.94. The van der Waals surface area contributed by atoms with Gasteiger partial charge < -0.3 is 14.5 Å². The number of allylic oxidation sites excluding steroid dienone is 3. The van der Waals surface area contributed by atoms with E-state index in [0.29, 0.717) is 31.4 Å². The van der Waals surface area contributed by atoms with E-state index in [1.165, 1.54) is 5.57 Å². The molecule has 4 rings (SSSR count). The summed E-state index contributed by atoms with van der Waals surface area (Å²) < 4.78 is 5.44. The Morgan fingerprint density at radius 2 is 1.97 bits per heavy atom. The highest BCUT2D eigenvalue weighted by atomic mass is 16.6. The maximum atomic E-state index is 12.1. The number of carbonyl (C=O) groups excluding carboxylic acids is 1. The average Bonchev–Trinajstić information content (AvgIpc) is 2.74. The second-order valence-electron chi connectivity index (χ2n) is 9.04. The molecule has 6 nitrogen and oxygen atoms in total. The molecule has 1 aromatic carbocycles. The van der Waals surface area contributed by atoms with Gasteiger partial charge in [0.05, 0.1) is 0 Å². The molecule has 1 saturated heterocycles. The van der Waals surface area contributed by atoms with Crippen LogP contribution in [0.25, 0.3) is 0 Å². The number of amides is 1. The van der Waals surface area contributed by atoms with Crippen molar-refractivity contribution in [3.63, 3.8) is 0 Å². The highest BCUT2D eigenvalue weighted by molar-refractivity contribution is 6.10. The number of fused-ring (bicyclic) bond motifs is 2. The Hall–Kier alpha value is -3.15. The van der Waals surface area contributed by atoms with Gasteiger partial charge in [-0.3, -0.25) is 5.41 Å². The lowest BCUT2D eigenvalue weighted by molar-refractivity contribution is 0.00371. The maximum Gasteiger partial charge on any atom is 0.410 e. The van der Waals surface area contributed by atoms with Crippen molar-refractivity contribution in [3.8, 4) is 0 Å². The van der Waals surface area contributed by atoms with Crippen LogP contribution >= 0.6 is 0 Å². The average molecular weight is 405 g/mol. The molecule has 0 unspecified atom stereocenters. The van der Waals surface area contributed by atoms with Gasteiger partial charge in [-0.1, -0.05) is 35.9 Å². The zero-order valence-corrected chi connectivity index (χ0v) is 18.0. The Labute approximate surface area is 177 Å². The first kappa shape index (κ1) is 20.1. The van der Waals surface area contributed by atoms with Gasteiger partial charge in [-0.2, -0.15) is 0 Å². The molecule has 0 radical (unpaired) electrons. The number of amidine groups is 2. The normalized spacial score (nSPS) is 19.3. The monoisotopic (exact) mass is 404 g/mol. The third kappa shape index (κ3) is 4.22. The van der Waals surface area contributed by atoms with Gasteiger partial charge >= 0.3 is 6.09 Å². The highest BCUT2D eigenvalue weighted by Crippen LogP contribution is 2.28. The summed E-state index contributed by atoms with van der Waals surface area (Å²) in [4.78, 5) is 20.5. The van der Waals surface area contributed by atoms with E-state index < -0.39 is 5.60 Å².